The molecule has 0 spiro atoms. The number of amides is 2. The molecule has 4 rings (SSSR count). The first-order valence-corrected chi connectivity index (χ1v) is 13.3. The van der Waals surface area contributed by atoms with E-state index < -0.39 is 23.8 Å². The Bertz CT molecular complexity index is 950. The van der Waals surface area contributed by atoms with Gasteiger partial charge in [0.25, 0.3) is 11.8 Å². The second-order valence-electron chi connectivity index (χ2n) is 10.8. The molecule has 1 saturated heterocycles. The number of likely N-dealkylation sites (tertiary alicyclic amines) is 1. The van der Waals surface area contributed by atoms with Crippen molar-refractivity contribution in [2.45, 2.75) is 89.5 Å². The van der Waals surface area contributed by atoms with E-state index in [1.807, 2.05) is 32.0 Å². The molecule has 7 heteroatoms. The van der Waals surface area contributed by atoms with Crippen molar-refractivity contribution < 1.29 is 24.6 Å². The predicted molar refractivity (Wildman–Crippen MR) is 132 cm³/mol. The minimum Gasteiger partial charge on any atom is -0.342 e. The van der Waals surface area contributed by atoms with Gasteiger partial charge in [0.15, 0.2) is 5.78 Å². The van der Waals surface area contributed by atoms with E-state index in [1.165, 1.54) is 6.42 Å². The number of Topliss-reactive ketones (excluding diaryl/α,β-unsaturated/α-hetero) is 1. The summed E-state index contributed by atoms with van der Waals surface area (Å²) in [6.45, 7) is 4.82. The van der Waals surface area contributed by atoms with E-state index in [-0.39, 0.29) is 37.3 Å². The number of nitrogens with zero attached hydrogens (tertiary/aromatic N) is 1. The maximum absolute atomic E-state index is 13.4. The lowest BCUT2D eigenvalue weighted by atomic mass is 9.79. The van der Waals surface area contributed by atoms with Crippen LogP contribution in [0.2, 0.25) is 0 Å². The molecule has 1 heterocycles. The third kappa shape index (κ3) is 5.92. The molecule has 194 valence electrons. The number of halogens is 2. The molecule has 0 bridgehead atoms. The van der Waals surface area contributed by atoms with Crippen LogP contribution >= 0.6 is 0 Å². The van der Waals surface area contributed by atoms with Crippen LogP contribution in [0, 0.1) is 17.8 Å². The number of ketones is 1. The number of hydrogen-bond acceptors (Lipinski definition) is 3. The van der Waals surface area contributed by atoms with Crippen LogP contribution in [0.15, 0.2) is 24.3 Å². The molecule has 0 aromatic heterocycles. The average molecular weight is 491 g/mol. The highest BCUT2D eigenvalue weighted by molar-refractivity contribution is 5.98. The van der Waals surface area contributed by atoms with Gasteiger partial charge in [-0.2, -0.15) is 0 Å². The van der Waals surface area contributed by atoms with Crippen LogP contribution in [0.25, 0.3) is 0 Å². The van der Waals surface area contributed by atoms with Crippen molar-refractivity contribution in [1.29, 1.82) is 0 Å². The van der Waals surface area contributed by atoms with Gasteiger partial charge < -0.3 is 10.2 Å². The van der Waals surface area contributed by atoms with Gasteiger partial charge in [0.1, 0.15) is 5.92 Å². The lowest BCUT2D eigenvalue weighted by Gasteiger charge is -2.33. The smallest absolute Gasteiger partial charge is 0.260 e. The summed E-state index contributed by atoms with van der Waals surface area (Å²) in [5.74, 6) is -4.53. The van der Waals surface area contributed by atoms with Crippen molar-refractivity contribution in [3.8, 4) is 0 Å². The largest absolute Gasteiger partial charge is 0.342 e. The third-order valence-electron chi connectivity index (χ3n) is 8.29. The van der Waals surface area contributed by atoms with Gasteiger partial charge in [-0.25, -0.2) is 8.78 Å². The summed E-state index contributed by atoms with van der Waals surface area (Å²) >= 11 is 0. The molecular weight excluding hydrogens is 450 g/mol. The van der Waals surface area contributed by atoms with Gasteiger partial charge in [-0.15, -0.1) is 0 Å². The number of piperidine rings is 1. The Morgan fingerprint density at radius 3 is 2.51 bits per heavy atom. The van der Waals surface area contributed by atoms with Gasteiger partial charge in [0.2, 0.25) is 5.91 Å². The Labute approximate surface area is 208 Å². The highest BCUT2D eigenvalue weighted by Crippen LogP contribution is 2.50. The lowest BCUT2D eigenvalue weighted by molar-refractivity contribution is -0.136. The quantitative estimate of drug-likeness (QED) is 0.517. The van der Waals surface area contributed by atoms with Crippen LogP contribution in [0.1, 0.15) is 94.9 Å². The molecule has 35 heavy (non-hydrogen) atoms. The van der Waals surface area contributed by atoms with E-state index >= 15 is 0 Å². The second kappa shape index (κ2) is 10.8. The summed E-state index contributed by atoms with van der Waals surface area (Å²) in [4.78, 5) is 40.5. The van der Waals surface area contributed by atoms with Crippen LogP contribution in [0.4, 0.5) is 8.78 Å². The molecule has 5 nitrogen and oxygen atoms in total. The van der Waals surface area contributed by atoms with Gasteiger partial charge in [0.05, 0.1) is 6.04 Å². The zero-order chi connectivity index (χ0) is 25.2. The number of alkyl halides is 2. The van der Waals surface area contributed by atoms with Crippen molar-refractivity contribution in [2.24, 2.45) is 17.8 Å². The van der Waals surface area contributed by atoms with Crippen LogP contribution < -0.4 is 5.32 Å². The SMILES string of the molecule is CCC(C)C(=O)[C@H](NC(=O)c1cccc(C2CCCN(C(=O)C3CC3(F)F)C2)c1)C1CCCCC1.[HH]. The first-order valence-electron chi connectivity index (χ1n) is 13.3. The number of benzene rings is 1. The van der Waals surface area contributed by atoms with Crippen molar-refractivity contribution in [2.75, 3.05) is 13.1 Å². The first kappa shape index (κ1) is 25.8. The van der Waals surface area contributed by atoms with E-state index in [4.69, 9.17) is 0 Å². The summed E-state index contributed by atoms with van der Waals surface area (Å²) in [5.41, 5.74) is 1.43. The molecule has 1 N–H and O–H groups in total. The van der Waals surface area contributed by atoms with E-state index in [2.05, 4.69) is 5.32 Å². The third-order valence-corrected chi connectivity index (χ3v) is 8.29. The monoisotopic (exact) mass is 490 g/mol. The second-order valence-corrected chi connectivity index (χ2v) is 10.8. The van der Waals surface area contributed by atoms with Crippen molar-refractivity contribution in [1.82, 2.24) is 10.2 Å². The highest BCUT2D eigenvalue weighted by Gasteiger charge is 2.62. The van der Waals surface area contributed by atoms with Crippen molar-refractivity contribution in [3.05, 3.63) is 35.4 Å². The zero-order valence-electron chi connectivity index (χ0n) is 20.9. The standard InChI is InChI=1S/C28H38F2N2O3.H2/c1-3-18(2)25(33)24(19-9-5-4-6-10-19)31-26(34)21-12-7-11-20(15-21)22-13-8-14-32(17-22)27(35)23-16-28(23,29)30;/h7,11-12,15,18-19,22-24H,3-6,8-10,13-14,16-17H2,1-2H3,(H,31,34);1H/t18?,22?,23?,24-;/m1./s1. The van der Waals surface area contributed by atoms with Crippen molar-refractivity contribution >= 4 is 17.6 Å². The van der Waals surface area contributed by atoms with Crippen LogP contribution in [0.5, 0.6) is 0 Å². The molecule has 0 radical (unpaired) electrons. The van der Waals surface area contributed by atoms with Gasteiger partial charge in [-0.1, -0.05) is 45.2 Å². The minimum atomic E-state index is -2.86. The molecular formula is C28H40F2N2O3. The lowest BCUT2D eigenvalue weighted by Crippen LogP contribution is -2.48. The first-order chi connectivity index (χ1) is 16.7. The number of hydrogen-bond donors (Lipinski definition) is 1. The summed E-state index contributed by atoms with van der Waals surface area (Å²) in [6, 6.07) is 6.88. The number of nitrogens with one attached hydrogen (secondary N) is 1. The number of carbonyl (C=O) groups excluding carboxylic acids is 3. The molecule has 1 aromatic carbocycles. The maximum Gasteiger partial charge on any atom is 0.260 e. The van der Waals surface area contributed by atoms with E-state index in [1.54, 1.807) is 11.0 Å². The van der Waals surface area contributed by atoms with Gasteiger partial charge in [-0.3, -0.25) is 14.4 Å². The minimum absolute atomic E-state index is 0. The Hall–Kier alpha value is -2.31. The molecule has 1 aromatic rings. The Morgan fingerprint density at radius 2 is 1.86 bits per heavy atom. The van der Waals surface area contributed by atoms with E-state index in [9.17, 15) is 23.2 Å². The summed E-state index contributed by atoms with van der Waals surface area (Å²) in [6.07, 6.45) is 7.25. The van der Waals surface area contributed by atoms with Crippen molar-refractivity contribution in [3.63, 3.8) is 0 Å². The predicted octanol–water partition coefficient (Wildman–Crippen LogP) is 5.59. The molecule has 3 unspecified atom stereocenters. The molecule has 1 aliphatic heterocycles. The summed E-state index contributed by atoms with van der Waals surface area (Å²) < 4.78 is 26.8. The molecule has 3 fully saturated rings. The van der Waals surface area contributed by atoms with Crippen LogP contribution in [0.3, 0.4) is 0 Å². The van der Waals surface area contributed by atoms with Gasteiger partial charge >= 0.3 is 0 Å². The number of rotatable bonds is 8. The normalized spacial score (nSPS) is 26.0. The molecule has 2 amide bonds. The molecule has 2 aliphatic carbocycles. The van der Waals surface area contributed by atoms with E-state index in [0.717, 1.165) is 50.5 Å². The fourth-order valence-electron chi connectivity index (χ4n) is 5.71. The topological polar surface area (TPSA) is 66.5 Å². The van der Waals surface area contributed by atoms with Crippen LogP contribution in [-0.2, 0) is 9.59 Å². The maximum atomic E-state index is 13.4. The highest BCUT2D eigenvalue weighted by atomic mass is 19.3. The fraction of sp³-hybridized carbons (Fsp3) is 0.679. The average Bonchev–Trinajstić information content (AvgIpc) is 3.54. The molecule has 4 atom stereocenters. The Kier molecular flexibility index (Phi) is 7.92. The summed E-state index contributed by atoms with van der Waals surface area (Å²) in [7, 11) is 0. The van der Waals surface area contributed by atoms with Gasteiger partial charge in [-0.05, 0) is 55.7 Å². The Morgan fingerprint density at radius 1 is 1.14 bits per heavy atom. The van der Waals surface area contributed by atoms with Gasteiger partial charge in [0, 0.05) is 38.3 Å². The van der Waals surface area contributed by atoms with Crippen LogP contribution in [-0.4, -0.2) is 47.6 Å². The Balaban J connectivity index is 0.00000361. The molecule has 2 saturated carbocycles. The fourth-order valence-corrected chi connectivity index (χ4v) is 5.71. The summed E-state index contributed by atoms with van der Waals surface area (Å²) in [5, 5.41) is 3.07. The molecule has 3 aliphatic rings. The zero-order valence-corrected chi connectivity index (χ0v) is 20.9. The number of carbonyl (C=O) groups is 3. The van der Waals surface area contributed by atoms with E-state index in [0.29, 0.717) is 18.7 Å².